The molecule has 19 heavy (non-hydrogen) atoms. The minimum absolute atomic E-state index is 0.00808. The van der Waals surface area contributed by atoms with Crippen LogP contribution >= 0.6 is 11.6 Å². The van der Waals surface area contributed by atoms with Crippen molar-refractivity contribution < 1.29 is 4.79 Å². The highest BCUT2D eigenvalue weighted by Crippen LogP contribution is 2.33. The summed E-state index contributed by atoms with van der Waals surface area (Å²) in [6.07, 6.45) is 0. The first kappa shape index (κ1) is 16.0. The fraction of sp³-hybridized carbons (Fsp3) is 0.562. The van der Waals surface area contributed by atoms with Crippen molar-refractivity contribution in [2.24, 2.45) is 10.8 Å². The van der Waals surface area contributed by atoms with Gasteiger partial charge < -0.3 is 5.32 Å². The molecule has 0 bridgehead atoms. The van der Waals surface area contributed by atoms with Crippen LogP contribution in [0.4, 0.5) is 0 Å². The van der Waals surface area contributed by atoms with Gasteiger partial charge >= 0.3 is 0 Å². The third-order valence-electron chi connectivity index (χ3n) is 3.22. The maximum absolute atomic E-state index is 12.3. The molecule has 0 radical (unpaired) electrons. The third-order valence-corrected chi connectivity index (χ3v) is 3.89. The Morgan fingerprint density at radius 2 is 1.68 bits per heavy atom. The van der Waals surface area contributed by atoms with Crippen LogP contribution in [0.2, 0.25) is 0 Å². The van der Waals surface area contributed by atoms with Gasteiger partial charge in [0.25, 0.3) is 0 Å². The molecule has 1 N–H and O–H groups in total. The van der Waals surface area contributed by atoms with Crippen LogP contribution in [-0.2, 0) is 4.79 Å². The summed E-state index contributed by atoms with van der Waals surface area (Å²) in [6, 6.07) is 10.0. The molecule has 0 aromatic heterocycles. The number of carbonyl (C=O) groups is 1. The molecule has 0 saturated heterocycles. The molecule has 1 rings (SSSR count). The number of benzene rings is 1. The van der Waals surface area contributed by atoms with Crippen molar-refractivity contribution in [3.63, 3.8) is 0 Å². The minimum Gasteiger partial charge on any atom is -0.348 e. The predicted octanol–water partition coefficient (Wildman–Crippen LogP) is 4.16. The molecule has 0 aliphatic carbocycles. The third kappa shape index (κ3) is 4.24. The highest BCUT2D eigenvalue weighted by atomic mass is 35.5. The van der Waals surface area contributed by atoms with Crippen molar-refractivity contribution in [3.05, 3.63) is 35.9 Å². The molecule has 1 aromatic carbocycles. The van der Waals surface area contributed by atoms with Crippen LogP contribution in [0.1, 0.15) is 46.2 Å². The number of rotatable bonds is 4. The Balaban J connectivity index is 2.99. The van der Waals surface area contributed by atoms with Crippen LogP contribution in [0.15, 0.2) is 30.3 Å². The lowest BCUT2D eigenvalue weighted by Crippen LogP contribution is -2.44. The number of alkyl halides is 1. The molecular weight excluding hydrogens is 258 g/mol. The lowest BCUT2D eigenvalue weighted by Gasteiger charge is -2.34. The summed E-state index contributed by atoms with van der Waals surface area (Å²) < 4.78 is 0. The van der Waals surface area contributed by atoms with E-state index in [1.54, 1.807) is 0 Å². The maximum Gasteiger partial charge on any atom is 0.227 e. The van der Waals surface area contributed by atoms with Gasteiger partial charge in [-0.25, -0.2) is 0 Å². The highest BCUT2D eigenvalue weighted by molar-refractivity contribution is 6.19. The van der Waals surface area contributed by atoms with Gasteiger partial charge in [-0.2, -0.15) is 0 Å². The maximum atomic E-state index is 12.3. The second kappa shape index (κ2) is 5.96. The average Bonchev–Trinajstić information content (AvgIpc) is 2.35. The van der Waals surface area contributed by atoms with Crippen molar-refractivity contribution >= 4 is 17.5 Å². The first-order valence-electron chi connectivity index (χ1n) is 6.60. The van der Waals surface area contributed by atoms with Gasteiger partial charge in [0, 0.05) is 5.88 Å². The number of amides is 1. The molecule has 2 nitrogen and oxygen atoms in total. The van der Waals surface area contributed by atoms with E-state index >= 15 is 0 Å². The van der Waals surface area contributed by atoms with Gasteiger partial charge in [-0.15, -0.1) is 11.6 Å². The second-order valence-electron chi connectivity index (χ2n) is 6.70. The lowest BCUT2D eigenvalue weighted by atomic mass is 9.81. The van der Waals surface area contributed by atoms with E-state index in [1.165, 1.54) is 0 Å². The smallest absolute Gasteiger partial charge is 0.227 e. The van der Waals surface area contributed by atoms with E-state index < -0.39 is 5.41 Å². The summed E-state index contributed by atoms with van der Waals surface area (Å²) in [5.41, 5.74) is 0.507. The molecule has 0 spiro atoms. The second-order valence-corrected chi connectivity index (χ2v) is 6.97. The van der Waals surface area contributed by atoms with Gasteiger partial charge in [-0.3, -0.25) is 4.79 Å². The fourth-order valence-electron chi connectivity index (χ4n) is 1.83. The molecule has 106 valence electrons. The van der Waals surface area contributed by atoms with Crippen molar-refractivity contribution in [1.29, 1.82) is 0 Å². The van der Waals surface area contributed by atoms with Crippen LogP contribution < -0.4 is 5.32 Å². The normalized spacial score (nSPS) is 14.0. The van der Waals surface area contributed by atoms with E-state index in [4.69, 9.17) is 11.6 Å². The van der Waals surface area contributed by atoms with E-state index in [-0.39, 0.29) is 17.4 Å². The Morgan fingerprint density at radius 1 is 1.16 bits per heavy atom. The summed E-state index contributed by atoms with van der Waals surface area (Å²) in [5.74, 6) is 0.302. The van der Waals surface area contributed by atoms with Crippen LogP contribution in [0.3, 0.4) is 0 Å². The first-order chi connectivity index (χ1) is 8.68. The summed E-state index contributed by atoms with van der Waals surface area (Å²) in [7, 11) is 0. The average molecular weight is 282 g/mol. The Hall–Kier alpha value is -1.02. The standard InChI is InChI=1S/C16H24ClNO/c1-15(2,3)13(12-9-7-6-8-10-12)18-14(19)16(4,5)11-17/h6-10,13H,11H2,1-5H3,(H,18,19). The molecule has 0 heterocycles. The van der Waals surface area contributed by atoms with Crippen LogP contribution in [0.5, 0.6) is 0 Å². The van der Waals surface area contributed by atoms with E-state index in [0.717, 1.165) is 5.56 Å². The zero-order valence-electron chi connectivity index (χ0n) is 12.5. The van der Waals surface area contributed by atoms with E-state index in [9.17, 15) is 4.79 Å². The molecule has 0 aliphatic rings. The minimum atomic E-state index is -0.556. The van der Waals surface area contributed by atoms with Gasteiger partial charge in [-0.1, -0.05) is 51.1 Å². The predicted molar refractivity (Wildman–Crippen MR) is 81.3 cm³/mol. The summed E-state index contributed by atoms with van der Waals surface area (Å²) >= 11 is 5.87. The molecular formula is C16H24ClNO. The van der Waals surface area contributed by atoms with Crippen LogP contribution in [-0.4, -0.2) is 11.8 Å². The van der Waals surface area contributed by atoms with Crippen molar-refractivity contribution in [2.75, 3.05) is 5.88 Å². The van der Waals surface area contributed by atoms with Crippen LogP contribution in [0.25, 0.3) is 0 Å². The molecule has 1 amide bonds. The number of hydrogen-bond donors (Lipinski definition) is 1. The quantitative estimate of drug-likeness (QED) is 0.825. The molecule has 0 saturated carbocycles. The Kier molecular flexibility index (Phi) is 5.03. The summed E-state index contributed by atoms with van der Waals surface area (Å²) in [6.45, 7) is 10.1. The van der Waals surface area contributed by atoms with Crippen molar-refractivity contribution in [3.8, 4) is 0 Å². The molecule has 3 heteroatoms. The lowest BCUT2D eigenvalue weighted by molar-refractivity contribution is -0.129. The number of hydrogen-bond acceptors (Lipinski definition) is 1. The molecule has 0 fully saturated rings. The van der Waals surface area contributed by atoms with Gasteiger partial charge in [0.2, 0.25) is 5.91 Å². The molecule has 1 atom stereocenters. The van der Waals surface area contributed by atoms with Gasteiger partial charge in [0.15, 0.2) is 0 Å². The van der Waals surface area contributed by atoms with Gasteiger partial charge in [0.1, 0.15) is 0 Å². The Morgan fingerprint density at radius 3 is 2.11 bits per heavy atom. The fourth-order valence-corrected chi connectivity index (χ4v) is 1.95. The van der Waals surface area contributed by atoms with Crippen molar-refractivity contribution in [2.45, 2.75) is 40.7 Å². The van der Waals surface area contributed by atoms with E-state index in [2.05, 4.69) is 26.1 Å². The largest absolute Gasteiger partial charge is 0.348 e. The Labute approximate surface area is 121 Å². The van der Waals surface area contributed by atoms with E-state index in [0.29, 0.717) is 5.88 Å². The number of carbonyl (C=O) groups excluding carboxylic acids is 1. The van der Waals surface area contributed by atoms with Crippen LogP contribution in [0, 0.1) is 10.8 Å². The first-order valence-corrected chi connectivity index (χ1v) is 7.14. The molecule has 1 aromatic rings. The Bertz CT molecular complexity index is 420. The number of nitrogens with one attached hydrogen (secondary N) is 1. The number of halogens is 1. The molecule has 1 unspecified atom stereocenters. The topological polar surface area (TPSA) is 29.1 Å². The SMILES string of the molecule is CC(C)(CCl)C(=O)NC(c1ccccc1)C(C)(C)C. The summed E-state index contributed by atoms with van der Waals surface area (Å²) in [4.78, 5) is 12.3. The van der Waals surface area contributed by atoms with E-state index in [1.807, 2.05) is 44.2 Å². The van der Waals surface area contributed by atoms with Gasteiger partial charge in [0.05, 0.1) is 11.5 Å². The van der Waals surface area contributed by atoms with Gasteiger partial charge in [-0.05, 0) is 24.8 Å². The monoisotopic (exact) mass is 281 g/mol. The highest BCUT2D eigenvalue weighted by Gasteiger charge is 2.33. The zero-order chi connectivity index (χ0) is 14.7. The molecule has 0 aliphatic heterocycles. The zero-order valence-corrected chi connectivity index (χ0v) is 13.2. The summed E-state index contributed by atoms with van der Waals surface area (Å²) in [5, 5.41) is 3.14. The van der Waals surface area contributed by atoms with Crippen molar-refractivity contribution in [1.82, 2.24) is 5.32 Å².